The van der Waals surface area contributed by atoms with Gasteiger partial charge in [0.05, 0.1) is 12.9 Å². The second-order valence-corrected chi connectivity index (χ2v) is 1.63. The van der Waals surface area contributed by atoms with E-state index >= 15 is 0 Å². The summed E-state index contributed by atoms with van der Waals surface area (Å²) in [5.74, 6) is 0. The molecular weight excluding hydrogens is 123 g/mol. The van der Waals surface area contributed by atoms with Crippen LogP contribution in [0.15, 0.2) is 18.7 Å². The molecule has 1 rings (SSSR count). The molecule has 1 heterocycles. The molecule has 4 heteroatoms. The highest BCUT2D eigenvalue weighted by Gasteiger charge is 2.02. The van der Waals surface area contributed by atoms with Gasteiger partial charge in [0.1, 0.15) is 0 Å². The Balaban J connectivity index is 2.65. The second kappa shape index (κ2) is 2.59. The summed E-state index contributed by atoms with van der Waals surface area (Å²) in [7, 11) is 0. The molecule has 0 aliphatic rings. The molecule has 9 heavy (non-hydrogen) atoms. The van der Waals surface area contributed by atoms with Crippen LogP contribution in [-0.2, 0) is 0 Å². The summed E-state index contributed by atoms with van der Waals surface area (Å²) in [6.45, 7) is -0.504. The second-order valence-electron chi connectivity index (χ2n) is 1.63. The Hall–Kier alpha value is -0.900. The number of aliphatic hydroxyl groups excluding tert-OH is 1. The molecule has 0 amide bonds. The Morgan fingerprint density at radius 1 is 1.78 bits per heavy atom. The van der Waals surface area contributed by atoms with Gasteiger partial charge in [-0.3, -0.25) is 0 Å². The number of hydrogen-bond acceptors (Lipinski definition) is 2. The van der Waals surface area contributed by atoms with Crippen LogP contribution in [0.1, 0.15) is 6.30 Å². The van der Waals surface area contributed by atoms with Gasteiger partial charge < -0.3 is 9.67 Å². The lowest BCUT2D eigenvalue weighted by atomic mass is 10.6. The third-order valence-corrected chi connectivity index (χ3v) is 0.999. The Labute approximate surface area is 51.8 Å². The highest BCUT2D eigenvalue weighted by atomic mass is 19.1. The summed E-state index contributed by atoms with van der Waals surface area (Å²) in [5.41, 5.74) is 0. The number of aliphatic hydroxyl groups is 1. The fourth-order valence-electron chi connectivity index (χ4n) is 0.529. The largest absolute Gasteiger partial charge is 0.391 e. The van der Waals surface area contributed by atoms with Crippen LogP contribution in [-0.4, -0.2) is 21.3 Å². The lowest BCUT2D eigenvalue weighted by Gasteiger charge is -2.02. The molecule has 3 nitrogen and oxygen atoms in total. The van der Waals surface area contributed by atoms with Crippen molar-refractivity contribution in [2.45, 2.75) is 6.30 Å². The number of nitrogens with zero attached hydrogens (tertiary/aromatic N) is 2. The van der Waals surface area contributed by atoms with Gasteiger partial charge in [-0.2, -0.15) is 0 Å². The average Bonchev–Trinajstić information content (AvgIpc) is 2.37. The van der Waals surface area contributed by atoms with Gasteiger partial charge in [0, 0.05) is 12.4 Å². The zero-order valence-corrected chi connectivity index (χ0v) is 4.74. The van der Waals surface area contributed by atoms with E-state index in [-0.39, 0.29) is 0 Å². The molecule has 0 aliphatic heterocycles. The van der Waals surface area contributed by atoms with Gasteiger partial charge in [-0.1, -0.05) is 0 Å². The number of imidazole rings is 1. The van der Waals surface area contributed by atoms with Gasteiger partial charge in [0.15, 0.2) is 6.30 Å². The Bertz CT molecular complexity index is 163. The predicted octanol–water partition coefficient (Wildman–Crippen LogP) is 0.343. The minimum Gasteiger partial charge on any atom is -0.391 e. The Morgan fingerprint density at radius 3 is 3.00 bits per heavy atom. The summed E-state index contributed by atoms with van der Waals surface area (Å²) in [6, 6.07) is 0. The van der Waals surface area contributed by atoms with Crippen molar-refractivity contribution in [2.75, 3.05) is 6.61 Å². The van der Waals surface area contributed by atoms with Gasteiger partial charge in [0.25, 0.3) is 0 Å². The molecule has 50 valence electrons. The van der Waals surface area contributed by atoms with E-state index in [1.54, 1.807) is 0 Å². The molecule has 1 aromatic rings. The third kappa shape index (κ3) is 1.26. The van der Waals surface area contributed by atoms with E-state index in [1.165, 1.54) is 23.3 Å². The highest BCUT2D eigenvalue weighted by molar-refractivity contribution is 4.75. The van der Waals surface area contributed by atoms with Gasteiger partial charge in [-0.05, 0) is 0 Å². The van der Waals surface area contributed by atoms with Crippen LogP contribution in [0, 0.1) is 0 Å². The molecule has 1 aromatic heterocycles. The maximum Gasteiger partial charge on any atom is 0.200 e. The minimum atomic E-state index is -1.35. The van der Waals surface area contributed by atoms with E-state index in [0.717, 1.165) is 0 Å². The Kier molecular flexibility index (Phi) is 1.79. The van der Waals surface area contributed by atoms with Gasteiger partial charge in [-0.15, -0.1) is 0 Å². The molecule has 1 N–H and O–H groups in total. The number of halogens is 1. The summed E-state index contributed by atoms with van der Waals surface area (Å²) >= 11 is 0. The first-order chi connectivity index (χ1) is 4.34. The highest BCUT2D eigenvalue weighted by Crippen LogP contribution is 2.03. The van der Waals surface area contributed by atoms with Crippen LogP contribution in [0.5, 0.6) is 0 Å². The first kappa shape index (κ1) is 6.22. The Morgan fingerprint density at radius 2 is 2.56 bits per heavy atom. The SMILES string of the molecule is OCC(F)n1ccnc1. The van der Waals surface area contributed by atoms with E-state index < -0.39 is 12.9 Å². The van der Waals surface area contributed by atoms with Crippen molar-refractivity contribution in [3.05, 3.63) is 18.7 Å². The molecule has 1 atom stereocenters. The van der Waals surface area contributed by atoms with Gasteiger partial charge >= 0.3 is 0 Å². The van der Waals surface area contributed by atoms with Crippen molar-refractivity contribution in [1.82, 2.24) is 9.55 Å². The maximum absolute atomic E-state index is 12.4. The molecule has 0 fully saturated rings. The molecule has 1 unspecified atom stereocenters. The third-order valence-electron chi connectivity index (χ3n) is 0.999. The lowest BCUT2D eigenvalue weighted by molar-refractivity contribution is 0.124. The molecule has 0 spiro atoms. The summed E-state index contributed by atoms with van der Waals surface area (Å²) in [4.78, 5) is 3.60. The molecular formula is C5H7FN2O. The first-order valence-corrected chi connectivity index (χ1v) is 2.57. The lowest BCUT2D eigenvalue weighted by Crippen LogP contribution is -2.04. The summed E-state index contributed by atoms with van der Waals surface area (Å²) in [5, 5.41) is 8.28. The summed E-state index contributed by atoms with van der Waals surface area (Å²) in [6.07, 6.45) is 2.89. The maximum atomic E-state index is 12.4. The zero-order valence-electron chi connectivity index (χ0n) is 4.74. The van der Waals surface area contributed by atoms with Crippen molar-refractivity contribution in [2.24, 2.45) is 0 Å². The molecule has 0 aliphatic carbocycles. The number of aromatic nitrogens is 2. The van der Waals surface area contributed by atoms with E-state index in [4.69, 9.17) is 5.11 Å². The number of rotatable bonds is 2. The van der Waals surface area contributed by atoms with Crippen LogP contribution < -0.4 is 0 Å². The molecule has 0 saturated carbocycles. The zero-order chi connectivity index (χ0) is 6.69. The topological polar surface area (TPSA) is 38.0 Å². The quantitative estimate of drug-likeness (QED) is 0.627. The molecule has 0 radical (unpaired) electrons. The first-order valence-electron chi connectivity index (χ1n) is 2.57. The van der Waals surface area contributed by atoms with Crippen molar-refractivity contribution in [3.63, 3.8) is 0 Å². The van der Waals surface area contributed by atoms with Crippen molar-refractivity contribution in [3.8, 4) is 0 Å². The van der Waals surface area contributed by atoms with E-state index in [1.807, 2.05) is 0 Å². The predicted molar refractivity (Wildman–Crippen MR) is 29.5 cm³/mol. The number of alkyl halides is 1. The normalized spacial score (nSPS) is 13.6. The minimum absolute atomic E-state index is 0.504. The van der Waals surface area contributed by atoms with Gasteiger partial charge in [0.2, 0.25) is 0 Å². The monoisotopic (exact) mass is 130 g/mol. The van der Waals surface area contributed by atoms with Crippen molar-refractivity contribution >= 4 is 0 Å². The van der Waals surface area contributed by atoms with E-state index in [0.29, 0.717) is 0 Å². The fraction of sp³-hybridized carbons (Fsp3) is 0.400. The fourth-order valence-corrected chi connectivity index (χ4v) is 0.529. The van der Waals surface area contributed by atoms with Crippen molar-refractivity contribution < 1.29 is 9.50 Å². The standard InChI is InChI=1S/C5H7FN2O/c6-5(3-9)8-2-1-7-4-8/h1-2,4-5,9H,3H2. The van der Waals surface area contributed by atoms with Crippen LogP contribution in [0.25, 0.3) is 0 Å². The average molecular weight is 130 g/mol. The van der Waals surface area contributed by atoms with Gasteiger partial charge in [-0.25, -0.2) is 9.37 Å². The van der Waals surface area contributed by atoms with Crippen molar-refractivity contribution in [1.29, 1.82) is 0 Å². The van der Waals surface area contributed by atoms with Crippen LogP contribution in [0.4, 0.5) is 4.39 Å². The van der Waals surface area contributed by atoms with Crippen LogP contribution >= 0.6 is 0 Å². The van der Waals surface area contributed by atoms with E-state index in [2.05, 4.69) is 4.98 Å². The molecule has 0 aromatic carbocycles. The van der Waals surface area contributed by atoms with Crippen LogP contribution in [0.2, 0.25) is 0 Å². The number of hydrogen-bond donors (Lipinski definition) is 1. The van der Waals surface area contributed by atoms with Crippen LogP contribution in [0.3, 0.4) is 0 Å². The molecule has 0 saturated heterocycles. The molecule has 0 bridgehead atoms. The van der Waals surface area contributed by atoms with E-state index in [9.17, 15) is 4.39 Å². The summed E-state index contributed by atoms with van der Waals surface area (Å²) < 4.78 is 13.6. The smallest absolute Gasteiger partial charge is 0.200 e.